The van der Waals surface area contributed by atoms with Crippen molar-refractivity contribution in [1.29, 1.82) is 0 Å². The van der Waals surface area contributed by atoms with E-state index in [1.807, 2.05) is 0 Å². The fraction of sp³-hybridized carbons (Fsp3) is 0.207. The third-order valence-electron chi connectivity index (χ3n) is 6.39. The number of carbonyl (C=O) groups excluding carboxylic acids is 1. The minimum absolute atomic E-state index is 0.0475. The summed E-state index contributed by atoms with van der Waals surface area (Å²) in [6, 6.07) is 16.4. The zero-order chi connectivity index (χ0) is 29.7. The second-order valence-corrected chi connectivity index (χ2v) is 9.17. The molecule has 4 rings (SSSR count). The van der Waals surface area contributed by atoms with Gasteiger partial charge in [-0.1, -0.05) is 60.7 Å². The molecule has 0 aliphatic heterocycles. The van der Waals surface area contributed by atoms with Crippen LogP contribution < -0.4 is 17.0 Å². The van der Waals surface area contributed by atoms with Crippen LogP contribution in [0, 0.1) is 5.82 Å². The molecule has 0 aliphatic carbocycles. The maximum atomic E-state index is 14.7. The zero-order valence-electron chi connectivity index (χ0n) is 21.5. The second kappa shape index (κ2) is 12.3. The van der Waals surface area contributed by atoms with Gasteiger partial charge in [0.05, 0.1) is 24.2 Å². The molecule has 0 fully saturated rings. The van der Waals surface area contributed by atoms with Gasteiger partial charge in [0.1, 0.15) is 19.0 Å². The summed E-state index contributed by atoms with van der Waals surface area (Å²) in [5, 5.41) is 8.80. The highest BCUT2D eigenvalue weighted by Crippen LogP contribution is 2.33. The summed E-state index contributed by atoms with van der Waals surface area (Å²) in [5.74, 6) is -1.99. The number of ether oxygens (including phenoxy) is 1. The van der Waals surface area contributed by atoms with Crippen molar-refractivity contribution in [2.24, 2.45) is 5.73 Å². The normalized spacial score (nSPS) is 12.2. The first-order valence-corrected chi connectivity index (χ1v) is 12.3. The quantitative estimate of drug-likeness (QED) is 0.234. The Hall–Kier alpha value is -4.55. The van der Waals surface area contributed by atoms with Gasteiger partial charge in [-0.15, -0.1) is 0 Å². The lowest BCUT2D eigenvalue weighted by molar-refractivity contribution is -0.148. The van der Waals surface area contributed by atoms with Crippen LogP contribution in [0.5, 0.6) is 0 Å². The van der Waals surface area contributed by atoms with Gasteiger partial charge in [-0.05, 0) is 28.8 Å². The summed E-state index contributed by atoms with van der Waals surface area (Å²) in [6.07, 6.45) is -3.80. The van der Waals surface area contributed by atoms with E-state index in [-0.39, 0.29) is 18.7 Å². The third kappa shape index (κ3) is 6.79. The van der Waals surface area contributed by atoms with Gasteiger partial charge in [0.15, 0.2) is 0 Å². The van der Waals surface area contributed by atoms with Crippen LogP contribution >= 0.6 is 0 Å². The molecule has 0 saturated heterocycles. The summed E-state index contributed by atoms with van der Waals surface area (Å²) in [7, 11) is 0. The van der Waals surface area contributed by atoms with E-state index in [0.717, 1.165) is 27.5 Å². The minimum atomic E-state index is -4.89. The molecule has 1 atom stereocenters. The van der Waals surface area contributed by atoms with E-state index in [9.17, 15) is 31.9 Å². The lowest BCUT2D eigenvalue weighted by atomic mass is 10.0. The number of aromatic nitrogens is 2. The minimum Gasteiger partial charge on any atom is -0.459 e. The van der Waals surface area contributed by atoms with E-state index in [1.54, 1.807) is 30.3 Å². The van der Waals surface area contributed by atoms with Gasteiger partial charge in [-0.25, -0.2) is 14.0 Å². The van der Waals surface area contributed by atoms with Crippen molar-refractivity contribution in [2.75, 3.05) is 6.61 Å². The largest absolute Gasteiger partial charge is 0.459 e. The summed E-state index contributed by atoms with van der Waals surface area (Å²) >= 11 is 0. The number of aliphatic hydroxyl groups excluding tert-OH is 1. The summed E-state index contributed by atoms with van der Waals surface area (Å²) < 4.78 is 62.2. The molecule has 0 aliphatic rings. The number of aliphatic hydroxyl groups is 1. The van der Waals surface area contributed by atoms with E-state index in [4.69, 9.17) is 15.6 Å². The molecule has 0 radical (unpaired) electrons. The first kappa shape index (κ1) is 29.4. The number of esters is 1. The topological polar surface area (TPSA) is 117 Å². The monoisotopic (exact) mass is 571 g/mol. The molecule has 8 nitrogen and oxygen atoms in total. The molecule has 0 spiro atoms. The predicted octanol–water partition coefficient (Wildman–Crippen LogP) is 3.62. The molecule has 0 unspecified atom stereocenters. The maximum Gasteiger partial charge on any atom is 0.416 e. The number of carbonyl (C=O) groups is 1. The average molecular weight is 572 g/mol. The number of hydrogen-bond acceptors (Lipinski definition) is 6. The molecule has 41 heavy (non-hydrogen) atoms. The van der Waals surface area contributed by atoms with Gasteiger partial charge in [0.2, 0.25) is 0 Å². The van der Waals surface area contributed by atoms with Gasteiger partial charge in [-0.3, -0.25) is 13.9 Å². The van der Waals surface area contributed by atoms with E-state index < -0.39 is 59.5 Å². The Kier molecular flexibility index (Phi) is 8.84. The van der Waals surface area contributed by atoms with Crippen LogP contribution in [-0.2, 0) is 35.4 Å². The highest BCUT2D eigenvalue weighted by Gasteiger charge is 2.34. The number of nitrogens with two attached hydrogens (primary N) is 1. The Morgan fingerprint density at radius 1 is 0.976 bits per heavy atom. The predicted molar refractivity (Wildman–Crippen MR) is 141 cm³/mol. The molecule has 3 N–H and O–H groups in total. The van der Waals surface area contributed by atoms with Crippen LogP contribution in [0.25, 0.3) is 11.1 Å². The number of benzene rings is 3. The van der Waals surface area contributed by atoms with Gasteiger partial charge in [-0.2, -0.15) is 13.2 Å². The van der Waals surface area contributed by atoms with E-state index in [1.165, 1.54) is 24.3 Å². The van der Waals surface area contributed by atoms with Crippen LogP contribution in [0.1, 0.15) is 28.3 Å². The third-order valence-corrected chi connectivity index (χ3v) is 6.39. The lowest BCUT2D eigenvalue weighted by Crippen LogP contribution is -2.42. The Morgan fingerprint density at radius 2 is 1.66 bits per heavy atom. The summed E-state index contributed by atoms with van der Waals surface area (Å²) in [5.41, 5.74) is 3.95. The van der Waals surface area contributed by atoms with E-state index in [0.29, 0.717) is 22.8 Å². The molecule has 1 heterocycles. The molecule has 0 saturated carbocycles. The maximum absolute atomic E-state index is 14.7. The fourth-order valence-corrected chi connectivity index (χ4v) is 4.27. The standard InChI is InChI=1S/C29H25F4N3O5/c30-24-8-4-7-23(29(31,32)33)22(24)14-35-13-21(19-11-9-18(10-12-19)17-41-26(38)16-37)27(39)36(28(35)40)15-25(34)20-5-2-1-3-6-20/h1-13,25,37H,14-17,34H2/t25-/m0/s1. The molecule has 3 aromatic carbocycles. The molecule has 12 heteroatoms. The van der Waals surface area contributed by atoms with E-state index in [2.05, 4.69) is 0 Å². The SMILES string of the molecule is N[C@@H](Cn1c(=O)c(-c2ccc(COC(=O)CO)cc2)cn(Cc2c(F)cccc2C(F)(F)F)c1=O)c1ccccc1. The van der Waals surface area contributed by atoms with Crippen molar-refractivity contribution in [3.63, 3.8) is 0 Å². The molecular weight excluding hydrogens is 546 g/mol. The Bertz CT molecular complexity index is 1650. The fourth-order valence-electron chi connectivity index (χ4n) is 4.27. The van der Waals surface area contributed by atoms with Crippen LogP contribution in [-0.4, -0.2) is 26.8 Å². The first-order valence-electron chi connectivity index (χ1n) is 12.3. The Labute approximate surface area is 230 Å². The Balaban J connectivity index is 1.82. The van der Waals surface area contributed by atoms with Crippen molar-refractivity contribution < 1.29 is 32.2 Å². The number of alkyl halides is 3. The molecule has 214 valence electrons. The van der Waals surface area contributed by atoms with Crippen molar-refractivity contribution in [2.45, 2.75) is 31.9 Å². The van der Waals surface area contributed by atoms with Crippen molar-refractivity contribution >= 4 is 5.97 Å². The highest BCUT2D eigenvalue weighted by atomic mass is 19.4. The second-order valence-electron chi connectivity index (χ2n) is 9.17. The first-order chi connectivity index (χ1) is 19.5. The van der Waals surface area contributed by atoms with Crippen molar-refractivity contribution in [3.8, 4) is 11.1 Å². The van der Waals surface area contributed by atoms with Crippen LogP contribution in [0.2, 0.25) is 0 Å². The van der Waals surface area contributed by atoms with Crippen molar-refractivity contribution in [1.82, 2.24) is 9.13 Å². The summed E-state index contributed by atoms with van der Waals surface area (Å²) in [6.45, 7) is -2.04. The number of nitrogens with zero attached hydrogens (tertiary/aromatic N) is 2. The lowest BCUT2D eigenvalue weighted by Gasteiger charge is -2.19. The zero-order valence-corrected chi connectivity index (χ0v) is 21.5. The van der Waals surface area contributed by atoms with Crippen LogP contribution in [0.15, 0.2) is 88.6 Å². The molecule has 0 bridgehead atoms. The van der Waals surface area contributed by atoms with Crippen LogP contribution in [0.3, 0.4) is 0 Å². The molecule has 0 amide bonds. The molecule has 1 aromatic heterocycles. The van der Waals surface area contributed by atoms with Crippen LogP contribution in [0.4, 0.5) is 17.6 Å². The summed E-state index contributed by atoms with van der Waals surface area (Å²) in [4.78, 5) is 38.2. The highest BCUT2D eigenvalue weighted by molar-refractivity contribution is 5.70. The number of rotatable bonds is 9. The molecular formula is C29H25F4N3O5. The van der Waals surface area contributed by atoms with E-state index >= 15 is 0 Å². The van der Waals surface area contributed by atoms with Crippen molar-refractivity contribution in [3.05, 3.63) is 128 Å². The Morgan fingerprint density at radius 3 is 2.29 bits per heavy atom. The van der Waals surface area contributed by atoms with Gasteiger partial charge in [0, 0.05) is 17.8 Å². The number of halogens is 4. The average Bonchev–Trinajstić information content (AvgIpc) is 2.96. The number of hydrogen-bond donors (Lipinski definition) is 2. The molecule has 4 aromatic rings. The van der Waals surface area contributed by atoms with Gasteiger partial charge >= 0.3 is 17.8 Å². The smallest absolute Gasteiger partial charge is 0.416 e. The van der Waals surface area contributed by atoms with Gasteiger partial charge < -0.3 is 15.6 Å². The van der Waals surface area contributed by atoms with Gasteiger partial charge in [0.25, 0.3) is 5.56 Å².